The van der Waals surface area contributed by atoms with E-state index in [-0.39, 0.29) is 18.1 Å². The minimum atomic E-state index is -0.210. The summed E-state index contributed by atoms with van der Waals surface area (Å²) in [7, 11) is 0. The van der Waals surface area contributed by atoms with Gasteiger partial charge in [-0.15, -0.1) is 0 Å². The Hall–Kier alpha value is -3.58. The number of Topliss-reactive ketones (excluding diaryl/α,β-unsaturated/α-hetero) is 1. The van der Waals surface area contributed by atoms with E-state index in [4.69, 9.17) is 4.42 Å². The molecule has 0 radical (unpaired) electrons. The normalized spacial score (nSPS) is 10.8. The summed E-state index contributed by atoms with van der Waals surface area (Å²) in [6.07, 6.45) is 2.24. The van der Waals surface area contributed by atoms with Crippen LogP contribution in [0.15, 0.2) is 65.2 Å². The third kappa shape index (κ3) is 4.95. The molecule has 6 nitrogen and oxygen atoms in total. The van der Waals surface area contributed by atoms with Gasteiger partial charge in [-0.25, -0.2) is 9.97 Å². The molecule has 7 heteroatoms. The second-order valence-corrected chi connectivity index (χ2v) is 8.15. The highest BCUT2D eigenvalue weighted by atomic mass is 32.1. The maximum atomic E-state index is 12.4. The zero-order valence-corrected chi connectivity index (χ0v) is 18.0. The van der Waals surface area contributed by atoms with Gasteiger partial charge in [0.05, 0.1) is 16.8 Å². The molecular formula is C24H21N3O3S. The quantitative estimate of drug-likeness (QED) is 0.388. The fraction of sp³-hybridized carbons (Fsp3) is 0.167. The van der Waals surface area contributed by atoms with E-state index in [1.54, 1.807) is 6.20 Å². The van der Waals surface area contributed by atoms with Gasteiger partial charge < -0.3 is 9.73 Å². The number of ketones is 1. The van der Waals surface area contributed by atoms with Crippen molar-refractivity contribution in [2.24, 2.45) is 0 Å². The van der Waals surface area contributed by atoms with Crippen LogP contribution in [-0.2, 0) is 11.2 Å². The van der Waals surface area contributed by atoms with E-state index in [1.807, 2.05) is 61.5 Å². The van der Waals surface area contributed by atoms with Gasteiger partial charge in [0.2, 0.25) is 5.91 Å². The smallest absolute Gasteiger partial charge is 0.226 e. The van der Waals surface area contributed by atoms with Crippen LogP contribution in [0.25, 0.3) is 22.6 Å². The molecule has 0 atom stereocenters. The standard InChI is InChI=1S/C24H21N3O3S/c1-15-8-10-17(11-9-15)19-14-25-21(30-19)13-12-20(29)26-24-27-22(23(31-24)16(2)28)18-6-4-3-5-7-18/h3-11,14H,12-13H2,1-2H3,(H,26,27,29). The Morgan fingerprint density at radius 1 is 1.03 bits per heavy atom. The van der Waals surface area contributed by atoms with E-state index in [0.29, 0.717) is 33.8 Å². The number of carbonyl (C=O) groups is 2. The van der Waals surface area contributed by atoms with Gasteiger partial charge in [-0.2, -0.15) is 0 Å². The second kappa shape index (κ2) is 9.06. The van der Waals surface area contributed by atoms with Crippen molar-refractivity contribution in [3.8, 4) is 22.6 Å². The molecule has 4 aromatic rings. The van der Waals surface area contributed by atoms with Crippen molar-refractivity contribution in [2.45, 2.75) is 26.7 Å². The first-order chi connectivity index (χ1) is 15.0. The first-order valence-corrected chi connectivity index (χ1v) is 10.7. The molecule has 2 heterocycles. The molecule has 0 fully saturated rings. The average Bonchev–Trinajstić information content (AvgIpc) is 3.41. The second-order valence-electron chi connectivity index (χ2n) is 7.15. The van der Waals surface area contributed by atoms with E-state index >= 15 is 0 Å². The molecule has 0 bridgehead atoms. The highest BCUT2D eigenvalue weighted by molar-refractivity contribution is 7.18. The van der Waals surface area contributed by atoms with Crippen LogP contribution in [0, 0.1) is 6.92 Å². The fourth-order valence-corrected chi connectivity index (χ4v) is 3.98. The molecule has 0 saturated heterocycles. The molecule has 0 aliphatic carbocycles. The summed E-state index contributed by atoms with van der Waals surface area (Å²) in [6, 6.07) is 17.4. The number of benzene rings is 2. The molecular weight excluding hydrogens is 410 g/mol. The molecule has 0 aliphatic rings. The Bertz CT molecular complexity index is 1210. The van der Waals surface area contributed by atoms with Crippen molar-refractivity contribution in [2.75, 3.05) is 5.32 Å². The number of hydrogen-bond acceptors (Lipinski definition) is 6. The molecule has 0 spiro atoms. The number of aromatic nitrogens is 2. The van der Waals surface area contributed by atoms with E-state index in [2.05, 4.69) is 15.3 Å². The van der Waals surface area contributed by atoms with Gasteiger partial charge in [0.15, 0.2) is 22.6 Å². The maximum absolute atomic E-state index is 12.4. The summed E-state index contributed by atoms with van der Waals surface area (Å²) < 4.78 is 5.77. The van der Waals surface area contributed by atoms with E-state index < -0.39 is 0 Å². The summed E-state index contributed by atoms with van der Waals surface area (Å²) in [6.45, 7) is 3.53. The van der Waals surface area contributed by atoms with E-state index in [9.17, 15) is 9.59 Å². The predicted octanol–water partition coefficient (Wildman–Crippen LogP) is 5.55. The first kappa shape index (κ1) is 20.7. The summed E-state index contributed by atoms with van der Waals surface area (Å²) >= 11 is 1.18. The number of rotatable bonds is 7. The van der Waals surface area contributed by atoms with Gasteiger partial charge in [0.25, 0.3) is 0 Å². The highest BCUT2D eigenvalue weighted by Crippen LogP contribution is 2.31. The maximum Gasteiger partial charge on any atom is 0.226 e. The van der Waals surface area contributed by atoms with Crippen molar-refractivity contribution >= 4 is 28.2 Å². The van der Waals surface area contributed by atoms with Crippen LogP contribution < -0.4 is 5.32 Å². The van der Waals surface area contributed by atoms with Crippen LogP contribution >= 0.6 is 11.3 Å². The van der Waals surface area contributed by atoms with Crippen molar-refractivity contribution in [1.82, 2.24) is 9.97 Å². The summed E-state index contributed by atoms with van der Waals surface area (Å²) in [5.41, 5.74) is 3.55. The highest BCUT2D eigenvalue weighted by Gasteiger charge is 2.18. The monoisotopic (exact) mass is 431 g/mol. The lowest BCUT2D eigenvalue weighted by Gasteiger charge is -2.00. The largest absolute Gasteiger partial charge is 0.441 e. The molecule has 156 valence electrons. The number of aryl methyl sites for hydroxylation is 2. The van der Waals surface area contributed by atoms with Gasteiger partial charge in [0.1, 0.15) is 0 Å². The topological polar surface area (TPSA) is 85.1 Å². The van der Waals surface area contributed by atoms with Crippen molar-refractivity contribution in [3.05, 3.63) is 77.1 Å². The fourth-order valence-electron chi connectivity index (χ4n) is 3.08. The Morgan fingerprint density at radius 3 is 2.48 bits per heavy atom. The van der Waals surface area contributed by atoms with Crippen LogP contribution in [0.1, 0.15) is 34.5 Å². The first-order valence-electron chi connectivity index (χ1n) is 9.88. The van der Waals surface area contributed by atoms with Gasteiger partial charge >= 0.3 is 0 Å². The van der Waals surface area contributed by atoms with Crippen LogP contribution in [0.5, 0.6) is 0 Å². The van der Waals surface area contributed by atoms with Gasteiger partial charge in [-0.05, 0) is 6.92 Å². The van der Waals surface area contributed by atoms with Crippen LogP contribution in [-0.4, -0.2) is 21.7 Å². The number of carbonyl (C=O) groups excluding carboxylic acids is 2. The Labute approximate surface area is 184 Å². The van der Waals surface area contributed by atoms with Crippen molar-refractivity contribution < 1.29 is 14.0 Å². The molecule has 0 saturated carbocycles. The lowest BCUT2D eigenvalue weighted by atomic mass is 10.1. The zero-order chi connectivity index (χ0) is 21.8. The number of hydrogen-bond donors (Lipinski definition) is 1. The van der Waals surface area contributed by atoms with Crippen LogP contribution in [0.2, 0.25) is 0 Å². The molecule has 2 aromatic carbocycles. The van der Waals surface area contributed by atoms with Gasteiger partial charge in [-0.3, -0.25) is 9.59 Å². The van der Waals surface area contributed by atoms with Gasteiger partial charge in [-0.1, -0.05) is 71.5 Å². The van der Waals surface area contributed by atoms with Crippen LogP contribution in [0.3, 0.4) is 0 Å². The summed E-state index contributed by atoms with van der Waals surface area (Å²) in [5, 5.41) is 3.19. The Kier molecular flexibility index (Phi) is 6.04. The number of nitrogens with one attached hydrogen (secondary N) is 1. The predicted molar refractivity (Wildman–Crippen MR) is 121 cm³/mol. The van der Waals surface area contributed by atoms with Crippen LogP contribution in [0.4, 0.5) is 5.13 Å². The summed E-state index contributed by atoms with van der Waals surface area (Å²) in [5.74, 6) is 0.882. The third-order valence-electron chi connectivity index (χ3n) is 4.70. The number of thiazole rings is 1. The molecule has 0 aliphatic heterocycles. The zero-order valence-electron chi connectivity index (χ0n) is 17.2. The molecule has 0 unspecified atom stereocenters. The van der Waals surface area contributed by atoms with E-state index in [0.717, 1.165) is 11.1 Å². The molecule has 1 N–H and O–H groups in total. The minimum absolute atomic E-state index is 0.0831. The Balaban J connectivity index is 1.40. The minimum Gasteiger partial charge on any atom is -0.441 e. The van der Waals surface area contributed by atoms with E-state index in [1.165, 1.54) is 23.8 Å². The SMILES string of the molecule is CC(=O)c1sc(NC(=O)CCc2ncc(-c3ccc(C)cc3)o2)nc1-c1ccccc1. The summed E-state index contributed by atoms with van der Waals surface area (Å²) in [4.78, 5) is 33.7. The number of amides is 1. The lowest BCUT2D eigenvalue weighted by Crippen LogP contribution is -2.12. The molecule has 2 aromatic heterocycles. The van der Waals surface area contributed by atoms with Crippen molar-refractivity contribution in [3.63, 3.8) is 0 Å². The number of oxazole rings is 1. The lowest BCUT2D eigenvalue weighted by molar-refractivity contribution is -0.116. The van der Waals surface area contributed by atoms with Crippen molar-refractivity contribution in [1.29, 1.82) is 0 Å². The third-order valence-corrected chi connectivity index (χ3v) is 5.77. The molecule has 1 amide bonds. The molecule has 31 heavy (non-hydrogen) atoms. The number of nitrogens with zero attached hydrogens (tertiary/aromatic N) is 2. The Morgan fingerprint density at radius 2 is 1.77 bits per heavy atom. The number of anilines is 1. The van der Waals surface area contributed by atoms with Gasteiger partial charge in [0, 0.05) is 30.9 Å². The molecule has 4 rings (SSSR count). The average molecular weight is 432 g/mol.